The summed E-state index contributed by atoms with van der Waals surface area (Å²) in [7, 11) is 0. The summed E-state index contributed by atoms with van der Waals surface area (Å²) >= 11 is 1.77. The monoisotopic (exact) mass is 198 g/mol. The highest BCUT2D eigenvalue weighted by Crippen LogP contribution is 2.13. The van der Waals surface area contributed by atoms with E-state index in [4.69, 9.17) is 5.73 Å². The number of aromatic nitrogens is 1. The summed E-state index contributed by atoms with van der Waals surface area (Å²) in [5, 5.41) is 3.41. The van der Waals surface area contributed by atoms with Crippen LogP contribution in [-0.4, -0.2) is 11.5 Å². The minimum atomic E-state index is 0.706. The van der Waals surface area contributed by atoms with E-state index in [1.165, 1.54) is 30.0 Å². The van der Waals surface area contributed by atoms with Crippen LogP contribution in [0.1, 0.15) is 36.9 Å². The maximum atomic E-state index is 5.46. The summed E-state index contributed by atoms with van der Waals surface area (Å²) in [6.07, 6.45) is 5.92. The van der Waals surface area contributed by atoms with Crippen molar-refractivity contribution in [2.45, 2.75) is 39.0 Å². The molecule has 0 saturated carbocycles. The number of nitrogens with two attached hydrogens (primary N) is 1. The van der Waals surface area contributed by atoms with Crippen LogP contribution >= 0.6 is 11.3 Å². The van der Waals surface area contributed by atoms with Crippen LogP contribution in [0, 0.1) is 0 Å². The highest BCUT2D eigenvalue weighted by atomic mass is 32.1. The van der Waals surface area contributed by atoms with Crippen molar-refractivity contribution in [1.82, 2.24) is 4.98 Å². The second kappa shape index (κ2) is 6.11. The molecule has 0 unspecified atom stereocenters. The Hall–Kier alpha value is -0.410. The van der Waals surface area contributed by atoms with E-state index in [-0.39, 0.29) is 0 Å². The third-order valence-corrected chi connectivity index (χ3v) is 2.95. The van der Waals surface area contributed by atoms with Crippen molar-refractivity contribution in [3.63, 3.8) is 0 Å². The first-order chi connectivity index (χ1) is 6.36. The third kappa shape index (κ3) is 3.87. The Morgan fingerprint density at radius 1 is 1.38 bits per heavy atom. The molecule has 13 heavy (non-hydrogen) atoms. The lowest BCUT2D eigenvalue weighted by molar-refractivity contribution is 0.713. The largest absolute Gasteiger partial charge is 0.330 e. The molecule has 1 rings (SSSR count). The summed E-state index contributed by atoms with van der Waals surface area (Å²) in [6, 6.07) is 0. The van der Waals surface area contributed by atoms with Crippen molar-refractivity contribution < 1.29 is 0 Å². The van der Waals surface area contributed by atoms with Crippen molar-refractivity contribution in [3.8, 4) is 0 Å². The van der Waals surface area contributed by atoms with E-state index < -0.39 is 0 Å². The first-order valence-electron chi connectivity index (χ1n) is 5.00. The Labute approximate surface area is 84.2 Å². The fraction of sp³-hybridized carbons (Fsp3) is 0.700. The number of nitrogens with zero attached hydrogens (tertiary/aromatic N) is 1. The van der Waals surface area contributed by atoms with Crippen molar-refractivity contribution in [2.24, 2.45) is 5.73 Å². The molecule has 0 bridgehead atoms. The van der Waals surface area contributed by atoms with E-state index in [9.17, 15) is 0 Å². The first kappa shape index (κ1) is 10.7. The van der Waals surface area contributed by atoms with Crippen LogP contribution < -0.4 is 5.73 Å². The van der Waals surface area contributed by atoms with Gasteiger partial charge >= 0.3 is 0 Å². The minimum absolute atomic E-state index is 0.706. The van der Waals surface area contributed by atoms with Gasteiger partial charge in [-0.25, -0.2) is 4.98 Å². The molecule has 0 spiro atoms. The Morgan fingerprint density at radius 2 is 2.23 bits per heavy atom. The van der Waals surface area contributed by atoms with Crippen LogP contribution in [0.5, 0.6) is 0 Å². The standard InChI is InChI=1S/C10H18N2S/c1-2-3-4-5-10-12-9(6-7-11)8-13-10/h8H,2-7,11H2,1H3. The van der Waals surface area contributed by atoms with Gasteiger partial charge in [-0.2, -0.15) is 0 Å². The Balaban J connectivity index is 2.31. The molecule has 0 amide bonds. The van der Waals surface area contributed by atoms with Gasteiger partial charge < -0.3 is 5.73 Å². The summed E-state index contributed by atoms with van der Waals surface area (Å²) in [6.45, 7) is 2.93. The van der Waals surface area contributed by atoms with E-state index in [1.54, 1.807) is 11.3 Å². The summed E-state index contributed by atoms with van der Waals surface area (Å²) in [4.78, 5) is 4.51. The van der Waals surface area contributed by atoms with E-state index in [0.717, 1.165) is 12.8 Å². The predicted octanol–water partition coefficient (Wildman–Crippen LogP) is 2.38. The van der Waals surface area contributed by atoms with Gasteiger partial charge in [0.25, 0.3) is 0 Å². The molecule has 0 saturated heterocycles. The molecular formula is C10H18N2S. The lowest BCUT2D eigenvalue weighted by Gasteiger charge is -1.94. The average Bonchev–Trinajstić information content (AvgIpc) is 2.54. The molecule has 2 nitrogen and oxygen atoms in total. The van der Waals surface area contributed by atoms with E-state index in [0.29, 0.717) is 6.54 Å². The second-order valence-electron chi connectivity index (χ2n) is 3.23. The maximum Gasteiger partial charge on any atom is 0.0928 e. The van der Waals surface area contributed by atoms with Gasteiger partial charge in [0.2, 0.25) is 0 Å². The van der Waals surface area contributed by atoms with Crippen molar-refractivity contribution in [3.05, 3.63) is 16.1 Å². The molecule has 0 atom stereocenters. The zero-order valence-electron chi connectivity index (χ0n) is 8.25. The van der Waals surface area contributed by atoms with Gasteiger partial charge in [-0.15, -0.1) is 11.3 Å². The van der Waals surface area contributed by atoms with Crippen LogP contribution in [0.15, 0.2) is 5.38 Å². The van der Waals surface area contributed by atoms with Gasteiger partial charge in [0.15, 0.2) is 0 Å². The van der Waals surface area contributed by atoms with E-state index in [2.05, 4.69) is 17.3 Å². The number of hydrogen-bond acceptors (Lipinski definition) is 3. The highest BCUT2D eigenvalue weighted by molar-refractivity contribution is 7.09. The van der Waals surface area contributed by atoms with Crippen LogP contribution in [0.4, 0.5) is 0 Å². The zero-order valence-corrected chi connectivity index (χ0v) is 9.07. The molecule has 1 heterocycles. The molecule has 0 fully saturated rings. The predicted molar refractivity (Wildman–Crippen MR) is 58.1 cm³/mol. The van der Waals surface area contributed by atoms with Gasteiger partial charge in [-0.1, -0.05) is 19.8 Å². The summed E-state index contributed by atoms with van der Waals surface area (Å²) in [5.74, 6) is 0. The summed E-state index contributed by atoms with van der Waals surface area (Å²) in [5.41, 5.74) is 6.62. The maximum absolute atomic E-state index is 5.46. The zero-order chi connectivity index (χ0) is 9.52. The summed E-state index contributed by atoms with van der Waals surface area (Å²) < 4.78 is 0. The van der Waals surface area contributed by atoms with Crippen LogP contribution in [-0.2, 0) is 12.8 Å². The van der Waals surface area contributed by atoms with Crippen LogP contribution in [0.25, 0.3) is 0 Å². The molecule has 1 aromatic heterocycles. The van der Waals surface area contributed by atoms with Gasteiger partial charge in [0, 0.05) is 11.8 Å². The molecule has 0 aliphatic carbocycles. The van der Waals surface area contributed by atoms with Crippen molar-refractivity contribution >= 4 is 11.3 Å². The minimum Gasteiger partial charge on any atom is -0.330 e. The van der Waals surface area contributed by atoms with E-state index in [1.807, 2.05) is 0 Å². The van der Waals surface area contributed by atoms with E-state index >= 15 is 0 Å². The van der Waals surface area contributed by atoms with Crippen molar-refractivity contribution in [2.75, 3.05) is 6.54 Å². The third-order valence-electron chi connectivity index (χ3n) is 1.99. The van der Waals surface area contributed by atoms with Gasteiger partial charge in [-0.3, -0.25) is 0 Å². The van der Waals surface area contributed by atoms with Gasteiger partial charge in [0.1, 0.15) is 0 Å². The molecular weight excluding hydrogens is 180 g/mol. The number of rotatable bonds is 6. The molecule has 0 aliphatic rings. The van der Waals surface area contributed by atoms with Crippen molar-refractivity contribution in [1.29, 1.82) is 0 Å². The molecule has 74 valence electrons. The van der Waals surface area contributed by atoms with Gasteiger partial charge in [-0.05, 0) is 19.4 Å². The highest BCUT2D eigenvalue weighted by Gasteiger charge is 2.00. The molecule has 3 heteroatoms. The number of thiazole rings is 1. The number of hydrogen-bond donors (Lipinski definition) is 1. The van der Waals surface area contributed by atoms with Crippen LogP contribution in [0.3, 0.4) is 0 Å². The number of aryl methyl sites for hydroxylation is 1. The average molecular weight is 198 g/mol. The lowest BCUT2D eigenvalue weighted by atomic mass is 10.2. The second-order valence-corrected chi connectivity index (χ2v) is 4.17. The SMILES string of the molecule is CCCCCc1nc(CCN)cs1. The fourth-order valence-corrected chi connectivity index (χ4v) is 2.13. The Kier molecular flexibility index (Phi) is 5.01. The van der Waals surface area contributed by atoms with Gasteiger partial charge in [0.05, 0.1) is 10.7 Å². The Bertz CT molecular complexity index is 233. The molecule has 2 N–H and O–H groups in total. The first-order valence-corrected chi connectivity index (χ1v) is 5.88. The van der Waals surface area contributed by atoms with Crippen LogP contribution in [0.2, 0.25) is 0 Å². The lowest BCUT2D eigenvalue weighted by Crippen LogP contribution is -2.02. The number of unbranched alkanes of at least 4 members (excludes halogenated alkanes) is 2. The molecule has 0 aliphatic heterocycles. The fourth-order valence-electron chi connectivity index (χ4n) is 1.25. The quantitative estimate of drug-likeness (QED) is 0.713. The normalized spacial score (nSPS) is 10.6. The topological polar surface area (TPSA) is 38.9 Å². The molecule has 0 aromatic carbocycles. The smallest absolute Gasteiger partial charge is 0.0928 e. The Morgan fingerprint density at radius 3 is 2.92 bits per heavy atom. The molecule has 0 radical (unpaired) electrons. The molecule has 1 aromatic rings.